The van der Waals surface area contributed by atoms with Crippen molar-refractivity contribution in [3.63, 3.8) is 0 Å². The third-order valence-corrected chi connectivity index (χ3v) is 11.7. The number of nitrogens with one attached hydrogen (secondary N) is 1. The second-order valence-corrected chi connectivity index (χ2v) is 16.4. The van der Waals surface area contributed by atoms with Crippen LogP contribution in [0.25, 0.3) is 5.70 Å². The Labute approximate surface area is 350 Å². The summed E-state index contributed by atoms with van der Waals surface area (Å²) in [6.07, 6.45) is 9.35. The molecule has 4 rings (SSSR count). The predicted molar refractivity (Wildman–Crippen MR) is 233 cm³/mol. The second kappa shape index (κ2) is 24.7. The van der Waals surface area contributed by atoms with Gasteiger partial charge < -0.3 is 45.0 Å². The van der Waals surface area contributed by atoms with Crippen molar-refractivity contribution in [2.75, 3.05) is 54.4 Å². The number of fused-ring (bicyclic) bond motifs is 1. The van der Waals surface area contributed by atoms with Crippen molar-refractivity contribution in [1.82, 2.24) is 20.1 Å². The molecule has 3 aliphatic rings. The highest BCUT2D eigenvalue weighted by Crippen LogP contribution is 2.39. The largest absolute Gasteiger partial charge is 0.456 e. The molecule has 1 aromatic carbocycles. The first-order valence-electron chi connectivity index (χ1n) is 21.2. The first kappa shape index (κ1) is 50.8. The van der Waals surface area contributed by atoms with E-state index in [2.05, 4.69) is 67.6 Å². The standard InChI is InChI=1S/C36H56N4O5.C8H17NO2.CH5N/c1-9-11-17-31(29-15-13-12-14-16-29)40(37)23-22-38-21-19-30-25-39-34(42)45-36(39,7)32(10-2)44-33(41)28(5)26(3)18-20-35(6,43-8)24-27(30)4;1-6-4-7(9(2)3)5-8(10)11-6;1-2/h12-17,19,27-28,32,38H,3,9-11,18,20-25,37H2,1-2,4-8H3;6-8,10H,4-5H2,1-3H3;2H2,1H3/b30-19-,31-17+;;/t27-,28?,32-,35+,36-;;/m1../s1. The number of unbranched alkanes of at least 4 members (excludes halogenated alkanes) is 1. The van der Waals surface area contributed by atoms with Crippen LogP contribution in [0.1, 0.15) is 105 Å². The molecule has 0 aliphatic carbocycles. The molecule has 0 saturated carbocycles. The average molecular weight is 815 g/mol. The van der Waals surface area contributed by atoms with E-state index in [0.717, 1.165) is 60.9 Å². The normalized spacial score (nSPS) is 30.4. The summed E-state index contributed by atoms with van der Waals surface area (Å²) in [5.41, 5.74) is 7.04. The number of nitrogens with zero attached hydrogens (tertiary/aromatic N) is 3. The molecule has 0 radical (unpaired) electrons. The first-order valence-corrected chi connectivity index (χ1v) is 21.2. The number of aliphatic hydroxyl groups excluding tert-OH is 1. The molecular weight excluding hydrogens is 737 g/mol. The highest BCUT2D eigenvalue weighted by atomic mass is 16.7. The Hall–Kier alpha value is -3.30. The molecule has 6 N–H and O–H groups in total. The number of hydrazine groups is 1. The number of ether oxygens (including phenoxy) is 4. The minimum absolute atomic E-state index is 0.110. The Morgan fingerprint density at radius 3 is 2.36 bits per heavy atom. The molecular formula is C45H78N6O7. The molecule has 58 heavy (non-hydrogen) atoms. The van der Waals surface area contributed by atoms with E-state index in [1.54, 1.807) is 12.0 Å². The number of carbonyl (C=O) groups is 2. The fraction of sp³-hybridized carbons (Fsp3) is 0.689. The van der Waals surface area contributed by atoms with E-state index >= 15 is 0 Å². The minimum atomic E-state index is -1.05. The zero-order valence-corrected chi connectivity index (χ0v) is 37.6. The number of methoxy groups -OCH3 is 1. The molecule has 0 aromatic heterocycles. The van der Waals surface area contributed by atoms with Crippen LogP contribution in [-0.2, 0) is 23.7 Å². The molecule has 330 valence electrons. The third kappa shape index (κ3) is 14.8. The summed E-state index contributed by atoms with van der Waals surface area (Å²) in [6.45, 7) is 20.5. The van der Waals surface area contributed by atoms with Gasteiger partial charge in [0.05, 0.1) is 23.3 Å². The van der Waals surface area contributed by atoms with Crippen molar-refractivity contribution in [3.05, 3.63) is 65.8 Å². The van der Waals surface area contributed by atoms with Crippen LogP contribution in [0.4, 0.5) is 4.79 Å². The number of aliphatic hydroxyl groups is 1. The van der Waals surface area contributed by atoms with Crippen molar-refractivity contribution in [3.8, 4) is 0 Å². The number of nitrogens with two attached hydrogens (primary N) is 2. The fourth-order valence-corrected chi connectivity index (χ4v) is 7.61. The smallest absolute Gasteiger partial charge is 0.415 e. The van der Waals surface area contributed by atoms with Crippen LogP contribution in [0, 0.1) is 11.8 Å². The summed E-state index contributed by atoms with van der Waals surface area (Å²) >= 11 is 0. The zero-order valence-electron chi connectivity index (χ0n) is 37.6. The van der Waals surface area contributed by atoms with Gasteiger partial charge in [-0.15, -0.1) is 0 Å². The van der Waals surface area contributed by atoms with Gasteiger partial charge in [-0.3, -0.25) is 9.69 Å². The molecule has 13 heteroatoms. The van der Waals surface area contributed by atoms with Gasteiger partial charge in [0, 0.05) is 45.8 Å². The lowest BCUT2D eigenvalue weighted by atomic mass is 9.82. The molecule has 0 bridgehead atoms. The van der Waals surface area contributed by atoms with Crippen molar-refractivity contribution < 1.29 is 33.6 Å². The van der Waals surface area contributed by atoms with Gasteiger partial charge in [-0.1, -0.05) is 87.4 Å². The van der Waals surface area contributed by atoms with Gasteiger partial charge in [-0.05, 0) is 98.8 Å². The van der Waals surface area contributed by atoms with E-state index in [1.807, 2.05) is 65.0 Å². The monoisotopic (exact) mass is 815 g/mol. The maximum absolute atomic E-state index is 13.1. The van der Waals surface area contributed by atoms with Crippen molar-refractivity contribution in [1.29, 1.82) is 0 Å². The Balaban J connectivity index is 0.000000761. The lowest BCUT2D eigenvalue weighted by molar-refractivity contribution is -0.236. The van der Waals surface area contributed by atoms with Gasteiger partial charge in [0.1, 0.15) is 0 Å². The van der Waals surface area contributed by atoms with Crippen LogP contribution in [-0.4, -0.2) is 122 Å². The quantitative estimate of drug-likeness (QED) is 0.0602. The number of carbonyl (C=O) groups excluding carboxylic acids is 2. The Morgan fingerprint density at radius 1 is 1.12 bits per heavy atom. The van der Waals surface area contributed by atoms with E-state index in [-0.39, 0.29) is 18.0 Å². The maximum Gasteiger partial charge on any atom is 0.415 e. The molecule has 3 saturated heterocycles. The SMILES string of the molecule is C=C1CC[C@](C)(OC)C[C@@H](C)/C(=C\CNCCN(N)/C(=C/CCC)c2ccccc2)CN2C(=O)O[C@]2(C)[C@@H](CC)OC(=O)C1C.CC1CC(N(C)C)CC(O)O1.CN. The van der Waals surface area contributed by atoms with E-state index in [4.69, 9.17) is 24.8 Å². The van der Waals surface area contributed by atoms with Gasteiger partial charge in [-0.25, -0.2) is 10.6 Å². The lowest BCUT2D eigenvalue weighted by Gasteiger charge is -2.52. The van der Waals surface area contributed by atoms with Crippen LogP contribution < -0.4 is 16.9 Å². The van der Waals surface area contributed by atoms with Gasteiger partial charge in [-0.2, -0.15) is 0 Å². The topological polar surface area (TPSA) is 165 Å². The number of benzene rings is 1. The molecule has 1 aromatic rings. The lowest BCUT2D eigenvalue weighted by Crippen LogP contribution is -2.70. The van der Waals surface area contributed by atoms with Gasteiger partial charge in [0.25, 0.3) is 0 Å². The summed E-state index contributed by atoms with van der Waals surface area (Å²) in [5, 5.41) is 14.6. The van der Waals surface area contributed by atoms with Crippen molar-refractivity contribution >= 4 is 17.8 Å². The van der Waals surface area contributed by atoms with E-state index in [1.165, 1.54) is 7.05 Å². The molecule has 3 fully saturated rings. The molecule has 13 nitrogen and oxygen atoms in total. The molecule has 0 spiro atoms. The third-order valence-electron chi connectivity index (χ3n) is 11.7. The summed E-state index contributed by atoms with van der Waals surface area (Å²) in [6, 6.07) is 10.7. The van der Waals surface area contributed by atoms with Crippen molar-refractivity contribution in [2.45, 2.75) is 136 Å². The number of hydrogen-bond acceptors (Lipinski definition) is 12. The maximum atomic E-state index is 13.1. The first-order chi connectivity index (χ1) is 27.5. The van der Waals surface area contributed by atoms with Gasteiger partial charge in [0.15, 0.2) is 12.4 Å². The summed E-state index contributed by atoms with van der Waals surface area (Å²) in [7, 11) is 7.30. The van der Waals surface area contributed by atoms with Crippen LogP contribution in [0.5, 0.6) is 0 Å². The van der Waals surface area contributed by atoms with Crippen LogP contribution in [0.2, 0.25) is 0 Å². The van der Waals surface area contributed by atoms with Crippen LogP contribution >= 0.6 is 0 Å². The Kier molecular flexibility index (Phi) is 21.7. The van der Waals surface area contributed by atoms with Gasteiger partial charge in [0.2, 0.25) is 5.72 Å². The van der Waals surface area contributed by atoms with Gasteiger partial charge >= 0.3 is 12.1 Å². The zero-order chi connectivity index (χ0) is 43.6. The molecule has 3 aliphatic heterocycles. The fourth-order valence-electron chi connectivity index (χ4n) is 7.61. The average Bonchev–Trinajstić information content (AvgIpc) is 3.20. The molecule has 1 amide bonds. The van der Waals surface area contributed by atoms with E-state index in [9.17, 15) is 14.7 Å². The van der Waals surface area contributed by atoms with Crippen LogP contribution in [0.15, 0.2) is 60.2 Å². The Bertz CT molecular complexity index is 1460. The number of esters is 1. The number of cyclic esters (lactones) is 1. The summed E-state index contributed by atoms with van der Waals surface area (Å²) in [4.78, 5) is 29.8. The Morgan fingerprint density at radius 2 is 1.79 bits per heavy atom. The minimum Gasteiger partial charge on any atom is -0.456 e. The molecule has 8 atom stereocenters. The highest BCUT2D eigenvalue weighted by molar-refractivity contribution is 5.77. The second-order valence-electron chi connectivity index (χ2n) is 16.4. The van der Waals surface area contributed by atoms with Crippen LogP contribution in [0.3, 0.4) is 0 Å². The molecule has 4 unspecified atom stereocenters. The molecule has 3 heterocycles. The predicted octanol–water partition coefficient (Wildman–Crippen LogP) is 6.44. The highest BCUT2D eigenvalue weighted by Gasteiger charge is 2.57. The van der Waals surface area contributed by atoms with Crippen molar-refractivity contribution in [2.24, 2.45) is 23.4 Å². The summed E-state index contributed by atoms with van der Waals surface area (Å²) in [5.74, 6) is 5.82. The number of amides is 1. The number of allylic oxidation sites excluding steroid dienone is 1. The van der Waals surface area contributed by atoms with E-state index < -0.39 is 35.7 Å². The summed E-state index contributed by atoms with van der Waals surface area (Å²) < 4.78 is 22.9. The number of hydrogen-bond donors (Lipinski definition) is 4. The van der Waals surface area contributed by atoms with E-state index in [0.29, 0.717) is 45.1 Å². The number of rotatable bonds is 12.